The number of ether oxygens (including phenoxy) is 1. The molecular formula is C23H18Cl2O3S. The van der Waals surface area contributed by atoms with Crippen molar-refractivity contribution in [2.45, 2.75) is 4.90 Å². The second-order valence-electron chi connectivity index (χ2n) is 6.08. The Hall–Kier alpha value is -2.40. The average molecular weight is 445 g/mol. The molecule has 0 aromatic heterocycles. The van der Waals surface area contributed by atoms with E-state index in [9.17, 15) is 4.79 Å². The summed E-state index contributed by atoms with van der Waals surface area (Å²) >= 11 is 14.0. The van der Waals surface area contributed by atoms with Gasteiger partial charge in [-0.15, -0.1) is 11.8 Å². The smallest absolute Gasteiger partial charge is 0.341 e. The summed E-state index contributed by atoms with van der Waals surface area (Å²) in [5, 5.41) is 9.79. The minimum Gasteiger partial charge on any atom is -0.480 e. The summed E-state index contributed by atoms with van der Waals surface area (Å²) in [4.78, 5) is 11.6. The van der Waals surface area contributed by atoms with Crippen molar-refractivity contribution in [3.8, 4) is 5.75 Å². The predicted molar refractivity (Wildman–Crippen MR) is 120 cm³/mol. The first-order chi connectivity index (χ1) is 14.0. The summed E-state index contributed by atoms with van der Waals surface area (Å²) in [6.07, 6.45) is 2.16. The van der Waals surface area contributed by atoms with Crippen LogP contribution in [0.15, 0.2) is 83.8 Å². The van der Waals surface area contributed by atoms with Gasteiger partial charge in [0.2, 0.25) is 0 Å². The van der Waals surface area contributed by atoms with E-state index in [0.29, 0.717) is 15.8 Å². The van der Waals surface area contributed by atoms with Gasteiger partial charge in [0.25, 0.3) is 0 Å². The fourth-order valence-corrected chi connectivity index (χ4v) is 4.02. The van der Waals surface area contributed by atoms with Crippen molar-refractivity contribution in [3.05, 3.63) is 100 Å². The van der Waals surface area contributed by atoms with E-state index >= 15 is 0 Å². The molecule has 0 radical (unpaired) electrons. The van der Waals surface area contributed by atoms with Gasteiger partial charge in [-0.05, 0) is 47.0 Å². The number of carbonyl (C=O) groups is 1. The Morgan fingerprint density at radius 2 is 1.72 bits per heavy atom. The van der Waals surface area contributed by atoms with Gasteiger partial charge < -0.3 is 9.84 Å². The summed E-state index contributed by atoms with van der Waals surface area (Å²) in [5.41, 5.74) is 3.28. The molecule has 0 spiro atoms. The number of thioether (sulfide) groups is 1. The molecule has 0 fully saturated rings. The second-order valence-corrected chi connectivity index (χ2v) is 8.02. The fraction of sp³-hybridized carbons (Fsp3) is 0.0870. The maximum absolute atomic E-state index is 10.6. The van der Waals surface area contributed by atoms with E-state index in [4.69, 9.17) is 33.0 Å². The zero-order valence-corrected chi connectivity index (χ0v) is 17.7. The third-order valence-electron chi connectivity index (χ3n) is 4.01. The van der Waals surface area contributed by atoms with Crippen LogP contribution in [0, 0.1) is 0 Å². The molecule has 1 N–H and O–H groups in total. The molecule has 148 valence electrons. The summed E-state index contributed by atoms with van der Waals surface area (Å²) in [6.45, 7) is -0.422. The van der Waals surface area contributed by atoms with Crippen LogP contribution in [0.25, 0.3) is 5.57 Å². The van der Waals surface area contributed by atoms with E-state index in [1.165, 1.54) is 0 Å². The van der Waals surface area contributed by atoms with Crippen molar-refractivity contribution in [1.29, 1.82) is 0 Å². The molecule has 0 atom stereocenters. The van der Waals surface area contributed by atoms with E-state index in [2.05, 4.69) is 18.2 Å². The lowest BCUT2D eigenvalue weighted by Gasteiger charge is -2.10. The maximum Gasteiger partial charge on any atom is 0.341 e. The molecule has 0 aliphatic carbocycles. The number of benzene rings is 3. The van der Waals surface area contributed by atoms with Gasteiger partial charge in [0.05, 0.1) is 5.02 Å². The van der Waals surface area contributed by atoms with Crippen molar-refractivity contribution in [2.24, 2.45) is 0 Å². The highest BCUT2D eigenvalue weighted by Crippen LogP contribution is 2.31. The Morgan fingerprint density at radius 1 is 0.966 bits per heavy atom. The van der Waals surface area contributed by atoms with E-state index in [0.717, 1.165) is 27.3 Å². The van der Waals surface area contributed by atoms with Gasteiger partial charge in [-0.25, -0.2) is 4.79 Å². The molecular weight excluding hydrogens is 427 g/mol. The molecule has 29 heavy (non-hydrogen) atoms. The van der Waals surface area contributed by atoms with Gasteiger partial charge in [-0.3, -0.25) is 0 Å². The Kier molecular flexibility index (Phi) is 7.64. The van der Waals surface area contributed by atoms with Crippen LogP contribution < -0.4 is 4.74 Å². The summed E-state index contributed by atoms with van der Waals surface area (Å²) in [7, 11) is 0. The number of aliphatic carboxylic acids is 1. The molecule has 0 aliphatic heterocycles. The Morgan fingerprint density at radius 3 is 2.41 bits per heavy atom. The van der Waals surface area contributed by atoms with E-state index < -0.39 is 12.6 Å². The minimum atomic E-state index is -1.04. The van der Waals surface area contributed by atoms with Crippen molar-refractivity contribution in [1.82, 2.24) is 0 Å². The number of carboxylic acids is 1. The van der Waals surface area contributed by atoms with Crippen LogP contribution in [0.3, 0.4) is 0 Å². The monoisotopic (exact) mass is 444 g/mol. The molecule has 3 rings (SSSR count). The largest absolute Gasteiger partial charge is 0.480 e. The zero-order chi connectivity index (χ0) is 20.6. The molecule has 0 saturated heterocycles. The molecule has 0 unspecified atom stereocenters. The molecule has 3 aromatic carbocycles. The van der Waals surface area contributed by atoms with E-state index in [1.54, 1.807) is 23.9 Å². The van der Waals surface area contributed by atoms with Crippen LogP contribution in [0.2, 0.25) is 10.0 Å². The van der Waals surface area contributed by atoms with Crippen LogP contribution in [0.5, 0.6) is 5.75 Å². The van der Waals surface area contributed by atoms with Gasteiger partial charge in [0, 0.05) is 15.7 Å². The van der Waals surface area contributed by atoms with Gasteiger partial charge in [0.15, 0.2) is 6.61 Å². The van der Waals surface area contributed by atoms with Gasteiger partial charge in [-0.1, -0.05) is 71.7 Å². The lowest BCUT2D eigenvalue weighted by Crippen LogP contribution is -2.09. The SMILES string of the molecule is O=C(O)COc1ccc(SCC=C(c2ccccc2)c2cccc(Cl)c2)cc1Cl. The molecule has 3 nitrogen and oxygen atoms in total. The number of hydrogen-bond acceptors (Lipinski definition) is 3. The van der Waals surface area contributed by atoms with Crippen LogP contribution in [-0.4, -0.2) is 23.4 Å². The van der Waals surface area contributed by atoms with Gasteiger partial charge >= 0.3 is 5.97 Å². The highest BCUT2D eigenvalue weighted by atomic mass is 35.5. The number of hydrogen-bond donors (Lipinski definition) is 1. The van der Waals surface area contributed by atoms with Crippen LogP contribution >= 0.6 is 35.0 Å². The first-order valence-corrected chi connectivity index (χ1v) is 10.6. The first-order valence-electron chi connectivity index (χ1n) is 8.81. The maximum atomic E-state index is 10.6. The van der Waals surface area contributed by atoms with Crippen LogP contribution in [0.1, 0.15) is 11.1 Å². The standard InChI is InChI=1S/C23H18Cl2O3S/c24-18-8-4-7-17(13-18)20(16-5-2-1-3-6-16)11-12-29-19-9-10-22(21(25)14-19)28-15-23(26)27/h1-11,13-14H,12,15H2,(H,26,27). The van der Waals surface area contributed by atoms with E-state index in [-0.39, 0.29) is 0 Å². The highest BCUT2D eigenvalue weighted by Gasteiger charge is 2.08. The minimum absolute atomic E-state index is 0.359. The average Bonchev–Trinajstić information content (AvgIpc) is 2.71. The fourth-order valence-electron chi connectivity index (χ4n) is 2.73. The molecule has 0 heterocycles. The number of carboxylic acid groups (broad SMARTS) is 1. The van der Waals surface area contributed by atoms with Crippen molar-refractivity contribution < 1.29 is 14.6 Å². The Balaban J connectivity index is 1.76. The summed E-state index contributed by atoms with van der Waals surface area (Å²) in [5.74, 6) is 0.0412. The molecule has 3 aromatic rings. The lowest BCUT2D eigenvalue weighted by atomic mass is 9.98. The molecule has 6 heteroatoms. The summed E-state index contributed by atoms with van der Waals surface area (Å²) < 4.78 is 5.16. The van der Waals surface area contributed by atoms with Crippen LogP contribution in [0.4, 0.5) is 0 Å². The molecule has 0 aliphatic rings. The topological polar surface area (TPSA) is 46.5 Å². The molecule has 0 saturated carbocycles. The van der Waals surface area contributed by atoms with E-state index in [1.807, 2.05) is 48.5 Å². The number of halogens is 2. The normalized spacial score (nSPS) is 11.3. The Labute approximate surface area is 183 Å². The van der Waals surface area contributed by atoms with Crippen LogP contribution in [-0.2, 0) is 4.79 Å². The molecule has 0 bridgehead atoms. The quantitative estimate of drug-likeness (QED) is 0.393. The molecule has 0 amide bonds. The zero-order valence-electron chi connectivity index (χ0n) is 15.3. The van der Waals surface area contributed by atoms with Gasteiger partial charge in [0.1, 0.15) is 5.75 Å². The second kappa shape index (κ2) is 10.4. The van der Waals surface area contributed by atoms with Gasteiger partial charge in [-0.2, -0.15) is 0 Å². The lowest BCUT2D eigenvalue weighted by molar-refractivity contribution is -0.139. The van der Waals surface area contributed by atoms with Crippen molar-refractivity contribution >= 4 is 46.5 Å². The first kappa shape index (κ1) is 21.3. The Bertz CT molecular complexity index is 1020. The predicted octanol–water partition coefficient (Wildman–Crippen LogP) is 6.68. The van der Waals surface area contributed by atoms with Crippen molar-refractivity contribution in [2.75, 3.05) is 12.4 Å². The summed E-state index contributed by atoms with van der Waals surface area (Å²) in [6, 6.07) is 23.3. The third kappa shape index (κ3) is 6.29. The highest BCUT2D eigenvalue weighted by molar-refractivity contribution is 7.99. The number of rotatable bonds is 8. The third-order valence-corrected chi connectivity index (χ3v) is 5.46. The van der Waals surface area contributed by atoms with Crippen molar-refractivity contribution in [3.63, 3.8) is 0 Å².